The molecule has 0 atom stereocenters. The Morgan fingerprint density at radius 3 is 2.95 bits per heavy atom. The maximum Gasteiger partial charge on any atom is 0.213 e. The largest absolute Gasteiger partial charge is 0.382 e. The normalized spacial score (nSPS) is 11.6. The molecule has 0 bridgehead atoms. The predicted octanol–water partition coefficient (Wildman–Crippen LogP) is 0.904. The number of nitrogens with zero attached hydrogens (tertiary/aromatic N) is 3. The van der Waals surface area contributed by atoms with E-state index in [1.54, 1.807) is 6.92 Å². The quantitative estimate of drug-likeness (QED) is 0.806. The van der Waals surface area contributed by atoms with Crippen LogP contribution < -0.4 is 11.1 Å². The van der Waals surface area contributed by atoms with Gasteiger partial charge in [0.25, 0.3) is 0 Å². The highest BCUT2D eigenvalue weighted by Crippen LogP contribution is 2.32. The van der Waals surface area contributed by atoms with Crippen molar-refractivity contribution in [2.75, 3.05) is 16.8 Å². The SMILES string of the molecule is CCCS(=O)(=O)c1c(N)nsc1NCc1ncon1. The first-order chi connectivity index (χ1) is 9.04. The minimum atomic E-state index is -3.42. The number of sulfone groups is 1. The van der Waals surface area contributed by atoms with Gasteiger partial charge in [-0.1, -0.05) is 12.1 Å². The lowest BCUT2D eigenvalue weighted by molar-refractivity contribution is 0.411. The molecule has 0 radical (unpaired) electrons. The lowest BCUT2D eigenvalue weighted by Crippen LogP contribution is -2.10. The Labute approximate surface area is 114 Å². The fraction of sp³-hybridized carbons (Fsp3) is 0.444. The third-order valence-electron chi connectivity index (χ3n) is 2.27. The van der Waals surface area contributed by atoms with Crippen molar-refractivity contribution >= 4 is 32.2 Å². The summed E-state index contributed by atoms with van der Waals surface area (Å²) in [6, 6.07) is 0. The third-order valence-corrected chi connectivity index (χ3v) is 5.20. The van der Waals surface area contributed by atoms with Gasteiger partial charge >= 0.3 is 0 Å². The van der Waals surface area contributed by atoms with Crippen LogP contribution in [0, 0.1) is 0 Å². The monoisotopic (exact) mass is 303 g/mol. The summed E-state index contributed by atoms with van der Waals surface area (Å²) in [6.45, 7) is 2.03. The average molecular weight is 303 g/mol. The molecule has 0 saturated carbocycles. The number of hydrogen-bond acceptors (Lipinski definition) is 9. The van der Waals surface area contributed by atoms with Crippen molar-refractivity contribution in [3.63, 3.8) is 0 Å². The van der Waals surface area contributed by atoms with Crippen molar-refractivity contribution in [2.45, 2.75) is 24.8 Å². The second kappa shape index (κ2) is 5.53. The molecule has 0 fully saturated rings. The van der Waals surface area contributed by atoms with E-state index < -0.39 is 9.84 Å². The van der Waals surface area contributed by atoms with Crippen LogP contribution in [0.1, 0.15) is 19.2 Å². The van der Waals surface area contributed by atoms with E-state index in [1.165, 1.54) is 6.39 Å². The molecule has 0 aliphatic rings. The Morgan fingerprint density at radius 2 is 2.32 bits per heavy atom. The Bertz CT molecular complexity index is 635. The Kier molecular flexibility index (Phi) is 4.00. The van der Waals surface area contributed by atoms with Crippen molar-refractivity contribution in [2.24, 2.45) is 0 Å². The summed E-state index contributed by atoms with van der Waals surface area (Å²) < 4.78 is 32.7. The Balaban J connectivity index is 2.22. The van der Waals surface area contributed by atoms with Crippen LogP contribution in [0.25, 0.3) is 0 Å². The Morgan fingerprint density at radius 1 is 1.53 bits per heavy atom. The van der Waals surface area contributed by atoms with Gasteiger partial charge in [0.15, 0.2) is 21.5 Å². The van der Waals surface area contributed by atoms with Crippen molar-refractivity contribution in [3.05, 3.63) is 12.2 Å². The summed E-state index contributed by atoms with van der Waals surface area (Å²) in [5.74, 6) is 0.479. The second-order valence-corrected chi connectivity index (χ2v) is 6.57. The molecule has 0 spiro atoms. The molecular formula is C9H13N5O3S2. The van der Waals surface area contributed by atoms with Crippen LogP contribution in [0.3, 0.4) is 0 Å². The number of hydrogen-bond donors (Lipinski definition) is 2. The standard InChI is InChI=1S/C9H13N5O3S2/c1-2-3-19(15,16)7-8(10)14-18-9(7)11-4-6-12-5-17-13-6/h5,11H,2-4H2,1H3,(H2,10,14). The summed E-state index contributed by atoms with van der Waals surface area (Å²) in [5.41, 5.74) is 5.64. The summed E-state index contributed by atoms with van der Waals surface area (Å²) >= 11 is 0.999. The Hall–Kier alpha value is -1.68. The maximum atomic E-state index is 12.1. The van der Waals surface area contributed by atoms with E-state index in [0.717, 1.165) is 11.5 Å². The van der Waals surface area contributed by atoms with Gasteiger partial charge < -0.3 is 15.6 Å². The van der Waals surface area contributed by atoms with Crippen LogP contribution in [0.5, 0.6) is 0 Å². The van der Waals surface area contributed by atoms with Gasteiger partial charge in [0.2, 0.25) is 6.39 Å². The average Bonchev–Trinajstić information content (AvgIpc) is 2.95. The molecule has 0 aliphatic carbocycles. The van der Waals surface area contributed by atoms with Gasteiger partial charge in [0, 0.05) is 0 Å². The van der Waals surface area contributed by atoms with Crippen LogP contribution in [-0.4, -0.2) is 28.7 Å². The van der Waals surface area contributed by atoms with Crippen LogP contribution in [0.4, 0.5) is 10.8 Å². The van der Waals surface area contributed by atoms with E-state index in [4.69, 9.17) is 5.73 Å². The first kappa shape index (κ1) is 13.7. The number of anilines is 2. The fourth-order valence-corrected chi connectivity index (χ4v) is 4.12. The van der Waals surface area contributed by atoms with E-state index in [0.29, 0.717) is 17.2 Å². The molecule has 2 aromatic rings. The summed E-state index contributed by atoms with van der Waals surface area (Å²) in [4.78, 5) is 3.89. The highest BCUT2D eigenvalue weighted by Gasteiger charge is 2.24. The molecule has 8 nitrogen and oxygen atoms in total. The zero-order chi connectivity index (χ0) is 13.9. The topological polar surface area (TPSA) is 124 Å². The van der Waals surface area contributed by atoms with E-state index in [2.05, 4.69) is 24.4 Å². The van der Waals surface area contributed by atoms with E-state index >= 15 is 0 Å². The second-order valence-electron chi connectivity index (χ2n) is 3.75. The van der Waals surface area contributed by atoms with E-state index in [1.807, 2.05) is 0 Å². The predicted molar refractivity (Wildman–Crippen MR) is 70.5 cm³/mol. The van der Waals surface area contributed by atoms with Gasteiger partial charge in [0.05, 0.1) is 12.3 Å². The summed E-state index contributed by atoms with van der Waals surface area (Å²) in [5, 5.41) is 6.93. The fourth-order valence-electron chi connectivity index (χ4n) is 1.51. The van der Waals surface area contributed by atoms with Gasteiger partial charge in [0.1, 0.15) is 9.90 Å². The molecular weight excluding hydrogens is 290 g/mol. The lowest BCUT2D eigenvalue weighted by Gasteiger charge is -2.05. The van der Waals surface area contributed by atoms with Crippen molar-refractivity contribution in [3.8, 4) is 0 Å². The molecule has 0 unspecified atom stereocenters. The first-order valence-corrected chi connectivity index (χ1v) is 7.94. The summed E-state index contributed by atoms with van der Waals surface area (Å²) in [6.07, 6.45) is 1.72. The highest BCUT2D eigenvalue weighted by atomic mass is 32.2. The molecule has 0 aromatic carbocycles. The molecule has 3 N–H and O–H groups in total. The smallest absolute Gasteiger partial charge is 0.213 e. The van der Waals surface area contributed by atoms with Crippen LogP contribution in [-0.2, 0) is 16.4 Å². The number of aromatic nitrogens is 3. The molecule has 104 valence electrons. The lowest BCUT2D eigenvalue weighted by atomic mass is 10.5. The molecule has 10 heteroatoms. The molecule has 2 rings (SSSR count). The maximum absolute atomic E-state index is 12.1. The molecule has 2 heterocycles. The van der Waals surface area contributed by atoms with E-state index in [-0.39, 0.29) is 23.0 Å². The van der Waals surface area contributed by atoms with Crippen LogP contribution in [0.15, 0.2) is 15.8 Å². The zero-order valence-electron chi connectivity index (χ0n) is 10.2. The molecule has 19 heavy (non-hydrogen) atoms. The highest BCUT2D eigenvalue weighted by molar-refractivity contribution is 7.91. The van der Waals surface area contributed by atoms with Crippen molar-refractivity contribution in [1.29, 1.82) is 0 Å². The van der Waals surface area contributed by atoms with Crippen molar-refractivity contribution < 1.29 is 12.9 Å². The van der Waals surface area contributed by atoms with Crippen LogP contribution >= 0.6 is 11.5 Å². The van der Waals surface area contributed by atoms with Gasteiger partial charge in [-0.3, -0.25) is 0 Å². The minimum Gasteiger partial charge on any atom is -0.382 e. The van der Waals surface area contributed by atoms with Crippen molar-refractivity contribution in [1.82, 2.24) is 14.5 Å². The van der Waals surface area contributed by atoms with Gasteiger partial charge in [-0.25, -0.2) is 8.42 Å². The van der Waals surface area contributed by atoms with Crippen LogP contribution in [0.2, 0.25) is 0 Å². The molecule has 0 saturated heterocycles. The molecule has 0 aliphatic heterocycles. The number of nitrogen functional groups attached to an aromatic ring is 1. The van der Waals surface area contributed by atoms with E-state index in [9.17, 15) is 8.42 Å². The molecule has 2 aromatic heterocycles. The van der Waals surface area contributed by atoms with Gasteiger partial charge in [-0.15, -0.1) is 0 Å². The van der Waals surface area contributed by atoms with Gasteiger partial charge in [-0.05, 0) is 18.0 Å². The molecule has 0 amide bonds. The first-order valence-electron chi connectivity index (χ1n) is 5.51. The summed E-state index contributed by atoms with van der Waals surface area (Å²) in [7, 11) is -3.42. The third kappa shape index (κ3) is 3.01. The minimum absolute atomic E-state index is 0.0223. The number of nitrogens with two attached hydrogens (primary N) is 1. The zero-order valence-corrected chi connectivity index (χ0v) is 11.8. The number of rotatable bonds is 6. The number of nitrogens with one attached hydrogen (secondary N) is 1. The van der Waals surface area contributed by atoms with Gasteiger partial charge in [-0.2, -0.15) is 9.36 Å².